The predicted octanol–water partition coefficient (Wildman–Crippen LogP) is 5.90. The molecule has 0 amide bonds. The second-order valence-electron chi connectivity index (χ2n) is 8.10. The predicted molar refractivity (Wildman–Crippen MR) is 138 cm³/mol. The first kappa shape index (κ1) is 20.3. The Morgan fingerprint density at radius 3 is 2.47 bits per heavy atom. The van der Waals surface area contributed by atoms with Crippen LogP contribution in [0.1, 0.15) is 24.6 Å². The van der Waals surface area contributed by atoms with Crippen LogP contribution in [0, 0.1) is 0 Å². The number of nitrogens with zero attached hydrogens (tertiary/aromatic N) is 2. The second kappa shape index (κ2) is 8.48. The maximum absolute atomic E-state index is 6.11. The molecule has 2 radical (unpaired) electrons. The van der Waals surface area contributed by atoms with E-state index in [9.17, 15) is 0 Å². The third-order valence-corrected chi connectivity index (χ3v) is 5.98. The summed E-state index contributed by atoms with van der Waals surface area (Å²) in [6.07, 6.45) is 8.94. The van der Waals surface area contributed by atoms with Crippen LogP contribution in [-0.2, 0) is 0 Å². The largest absolute Gasteiger partial charge is 0.403 e. The van der Waals surface area contributed by atoms with Crippen molar-refractivity contribution in [2.75, 3.05) is 6.54 Å². The average molecular weight is 413 g/mol. The van der Waals surface area contributed by atoms with Gasteiger partial charge in [0.2, 0.25) is 7.98 Å². The maximum atomic E-state index is 6.11. The summed E-state index contributed by atoms with van der Waals surface area (Å²) in [7, 11) is 6.11. The molecule has 154 valence electrons. The zero-order valence-corrected chi connectivity index (χ0v) is 18.1. The van der Waals surface area contributed by atoms with Gasteiger partial charge in [-0.3, -0.25) is 0 Å². The number of benzene rings is 3. The zero-order chi connectivity index (χ0) is 22.1. The van der Waals surface area contributed by atoms with Crippen LogP contribution < -0.4 is 5.73 Å². The lowest BCUT2D eigenvalue weighted by Crippen LogP contribution is -2.05. The number of allylic oxidation sites excluding steroid dienone is 3. The van der Waals surface area contributed by atoms with Crippen LogP contribution in [0.15, 0.2) is 101 Å². The summed E-state index contributed by atoms with van der Waals surface area (Å²) in [4.78, 5) is 4.93. The Bertz CT molecular complexity index is 1450. The van der Waals surface area contributed by atoms with Crippen molar-refractivity contribution in [3.8, 4) is 0 Å². The minimum absolute atomic E-state index is 0.543. The zero-order valence-electron chi connectivity index (χ0n) is 18.1. The highest BCUT2D eigenvalue weighted by molar-refractivity contribution is 6.14. The molecule has 32 heavy (non-hydrogen) atoms. The van der Waals surface area contributed by atoms with E-state index in [1.165, 1.54) is 27.1 Å². The minimum atomic E-state index is 0.543. The molecule has 0 spiro atoms. The smallest absolute Gasteiger partial charge is 0.234 e. The molecule has 1 aromatic heterocycles. The van der Waals surface area contributed by atoms with Crippen molar-refractivity contribution in [1.29, 1.82) is 0 Å². The molecule has 1 aliphatic rings. The van der Waals surface area contributed by atoms with Crippen LogP contribution in [0.2, 0.25) is 0 Å². The molecule has 1 aliphatic heterocycles. The molecule has 0 fully saturated rings. The van der Waals surface area contributed by atoms with E-state index in [4.69, 9.17) is 18.7 Å². The lowest BCUT2D eigenvalue weighted by Gasteiger charge is -2.11. The average Bonchev–Trinajstić information content (AvgIpc) is 3.41. The topological polar surface area (TPSA) is 43.3 Å². The number of fused-ring (bicyclic) bond motifs is 3. The Morgan fingerprint density at radius 2 is 1.72 bits per heavy atom. The number of aromatic nitrogens is 1. The van der Waals surface area contributed by atoms with Gasteiger partial charge in [0.05, 0.1) is 11.4 Å². The monoisotopic (exact) mass is 413 g/mol. The van der Waals surface area contributed by atoms with E-state index in [0.717, 1.165) is 34.7 Å². The molecule has 0 atom stereocenters. The van der Waals surface area contributed by atoms with E-state index in [0.29, 0.717) is 6.54 Å². The van der Waals surface area contributed by atoms with Gasteiger partial charge < -0.3 is 10.2 Å². The quantitative estimate of drug-likeness (QED) is 0.321. The lowest BCUT2D eigenvalue weighted by molar-refractivity contribution is 0.997. The van der Waals surface area contributed by atoms with Crippen LogP contribution in [0.3, 0.4) is 0 Å². The molecule has 0 aliphatic carbocycles. The number of rotatable bonds is 5. The third kappa shape index (κ3) is 3.63. The van der Waals surface area contributed by atoms with Crippen molar-refractivity contribution in [1.82, 2.24) is 4.48 Å². The first-order valence-corrected chi connectivity index (χ1v) is 10.9. The number of nitrogens with two attached hydrogens (primary N) is 1. The maximum Gasteiger partial charge on any atom is 0.234 e. The van der Waals surface area contributed by atoms with Gasteiger partial charge in [0, 0.05) is 11.3 Å². The second-order valence-corrected chi connectivity index (χ2v) is 8.10. The molecule has 0 saturated carbocycles. The Balaban J connectivity index is 1.58. The lowest BCUT2D eigenvalue weighted by atomic mass is 9.97. The van der Waals surface area contributed by atoms with Crippen molar-refractivity contribution < 1.29 is 0 Å². The number of aliphatic imine (C=N–C) groups is 1. The summed E-state index contributed by atoms with van der Waals surface area (Å²) in [6, 6.07) is 23.3. The number of hydrogen-bond donors (Lipinski definition) is 1. The minimum Gasteiger partial charge on any atom is -0.403 e. The standard InChI is InChI=1S/C28H24BN3/c1-19-17-22(31-28(19)26(14-15-30)27-11-6-16-32(27)29)13-12-21-18-20-7-2-3-8-23(20)25-10-5-4-9-24(21)25/h2-13,16-18H,14-15,30H2,1H3/b13-12+,28-26-. The summed E-state index contributed by atoms with van der Waals surface area (Å²) in [5.74, 6) is 0. The van der Waals surface area contributed by atoms with Crippen molar-refractivity contribution in [2.45, 2.75) is 13.3 Å². The summed E-state index contributed by atoms with van der Waals surface area (Å²) in [5, 5.41) is 5.01. The molecule has 2 N–H and O–H groups in total. The highest BCUT2D eigenvalue weighted by atomic mass is 14.9. The fourth-order valence-corrected chi connectivity index (χ4v) is 4.49. The van der Waals surface area contributed by atoms with Gasteiger partial charge in [-0.1, -0.05) is 54.6 Å². The van der Waals surface area contributed by atoms with Gasteiger partial charge in [-0.05, 0) is 89.1 Å². The van der Waals surface area contributed by atoms with E-state index >= 15 is 0 Å². The fourth-order valence-electron chi connectivity index (χ4n) is 4.49. The van der Waals surface area contributed by atoms with Crippen LogP contribution in [0.5, 0.6) is 0 Å². The molecular formula is C28H24BN3. The molecule has 0 unspecified atom stereocenters. The Hall–Kier alpha value is -3.63. The molecule has 2 heterocycles. The number of hydrogen-bond acceptors (Lipinski definition) is 2. The fraction of sp³-hybridized carbons (Fsp3) is 0.107. The van der Waals surface area contributed by atoms with Gasteiger partial charge in [-0.15, -0.1) is 0 Å². The Kier molecular flexibility index (Phi) is 5.38. The van der Waals surface area contributed by atoms with Crippen molar-refractivity contribution >= 4 is 46.9 Å². The molecule has 0 saturated heterocycles. The van der Waals surface area contributed by atoms with Crippen molar-refractivity contribution in [3.63, 3.8) is 0 Å². The summed E-state index contributed by atoms with van der Waals surface area (Å²) in [6.45, 7) is 2.63. The highest BCUT2D eigenvalue weighted by Gasteiger charge is 2.17. The highest BCUT2D eigenvalue weighted by Crippen LogP contribution is 2.32. The Labute approximate surface area is 189 Å². The van der Waals surface area contributed by atoms with Gasteiger partial charge in [-0.25, -0.2) is 4.99 Å². The molecule has 3 aromatic carbocycles. The first-order chi connectivity index (χ1) is 15.7. The van der Waals surface area contributed by atoms with Gasteiger partial charge in [-0.2, -0.15) is 0 Å². The molecule has 4 aromatic rings. The van der Waals surface area contributed by atoms with Gasteiger partial charge in [0.25, 0.3) is 0 Å². The van der Waals surface area contributed by atoms with E-state index in [1.807, 2.05) is 18.3 Å². The normalized spacial score (nSPS) is 15.6. The van der Waals surface area contributed by atoms with Gasteiger partial charge in [0.1, 0.15) is 0 Å². The molecule has 4 heteroatoms. The van der Waals surface area contributed by atoms with Crippen LogP contribution in [0.4, 0.5) is 0 Å². The molecular weight excluding hydrogens is 389 g/mol. The first-order valence-electron chi connectivity index (χ1n) is 10.9. The van der Waals surface area contributed by atoms with E-state index in [1.54, 1.807) is 4.48 Å². The van der Waals surface area contributed by atoms with E-state index < -0.39 is 0 Å². The van der Waals surface area contributed by atoms with Crippen LogP contribution in [-0.4, -0.2) is 24.7 Å². The summed E-state index contributed by atoms with van der Waals surface area (Å²) in [5.41, 5.74) is 12.1. The van der Waals surface area contributed by atoms with Crippen molar-refractivity contribution in [2.24, 2.45) is 10.7 Å². The van der Waals surface area contributed by atoms with E-state index in [2.05, 4.69) is 79.7 Å². The van der Waals surface area contributed by atoms with Crippen molar-refractivity contribution in [3.05, 3.63) is 108 Å². The molecule has 3 nitrogen and oxygen atoms in total. The molecule has 0 bridgehead atoms. The Morgan fingerprint density at radius 1 is 0.969 bits per heavy atom. The van der Waals surface area contributed by atoms with Gasteiger partial charge in [0.15, 0.2) is 0 Å². The van der Waals surface area contributed by atoms with Crippen LogP contribution in [0.25, 0.3) is 33.2 Å². The summed E-state index contributed by atoms with van der Waals surface area (Å²) >= 11 is 0. The van der Waals surface area contributed by atoms with Crippen LogP contribution >= 0.6 is 0 Å². The van der Waals surface area contributed by atoms with Gasteiger partial charge >= 0.3 is 0 Å². The third-order valence-electron chi connectivity index (χ3n) is 5.98. The molecule has 5 rings (SSSR count). The SMILES string of the molecule is [B]n1cccc1/C(CCN)=C1N=C(/C=C/c2cc3ccccc3c3ccccc23)C=C\1C. The summed E-state index contributed by atoms with van der Waals surface area (Å²) < 4.78 is 1.63. The van der Waals surface area contributed by atoms with E-state index in [-0.39, 0.29) is 0 Å².